The Labute approximate surface area is 150 Å². The van der Waals surface area contributed by atoms with Gasteiger partial charge in [-0.05, 0) is 11.4 Å². The first-order valence-electron chi connectivity index (χ1n) is 8.33. The Morgan fingerprint density at radius 3 is 3.00 bits per heavy atom. The Hall–Kier alpha value is -1.87. The maximum absolute atomic E-state index is 12.8. The number of nitrogens with zero attached hydrogens (tertiary/aromatic N) is 3. The van der Waals surface area contributed by atoms with Gasteiger partial charge in [-0.2, -0.15) is 0 Å². The minimum absolute atomic E-state index is 0.0651. The van der Waals surface area contributed by atoms with Gasteiger partial charge in [0.2, 0.25) is 0 Å². The Kier molecular flexibility index (Phi) is 4.76. The lowest BCUT2D eigenvalue weighted by Gasteiger charge is -2.41. The van der Waals surface area contributed by atoms with Gasteiger partial charge in [0.1, 0.15) is 5.60 Å². The molecule has 4 rings (SSSR count). The smallest absolute Gasteiger partial charge is 0.257 e. The molecule has 25 heavy (non-hydrogen) atoms. The second-order valence-electron chi connectivity index (χ2n) is 6.26. The molecular weight excluding hydrogens is 340 g/mol. The van der Waals surface area contributed by atoms with Crippen molar-refractivity contribution in [1.82, 2.24) is 20.2 Å². The van der Waals surface area contributed by atoms with Crippen LogP contribution in [0.3, 0.4) is 0 Å². The van der Waals surface area contributed by atoms with Crippen molar-refractivity contribution in [2.45, 2.75) is 5.60 Å². The summed E-state index contributed by atoms with van der Waals surface area (Å²) in [5.74, 6) is 0.580. The summed E-state index contributed by atoms with van der Waals surface area (Å²) in [4.78, 5) is 24.3. The molecule has 8 heteroatoms. The molecule has 2 fully saturated rings. The highest BCUT2D eigenvalue weighted by atomic mass is 32.1. The summed E-state index contributed by atoms with van der Waals surface area (Å²) in [5.41, 5.74) is 0.0298. The van der Waals surface area contributed by atoms with E-state index in [9.17, 15) is 4.79 Å². The topological polar surface area (TPSA) is 76.6 Å². The quantitative estimate of drug-likeness (QED) is 0.862. The van der Waals surface area contributed by atoms with E-state index in [1.54, 1.807) is 23.7 Å². The average molecular weight is 360 g/mol. The molecule has 7 nitrogen and oxygen atoms in total. The molecule has 1 atom stereocenters. The molecule has 2 saturated heterocycles. The van der Waals surface area contributed by atoms with Crippen LogP contribution in [-0.4, -0.2) is 72.4 Å². The second-order valence-corrected chi connectivity index (χ2v) is 7.21. The highest BCUT2D eigenvalue weighted by Gasteiger charge is 2.39. The molecule has 0 radical (unpaired) electrons. The number of carbonyl (C=O) groups is 1. The Bertz CT molecular complexity index is 712. The van der Waals surface area contributed by atoms with Crippen molar-refractivity contribution in [1.29, 1.82) is 0 Å². The summed E-state index contributed by atoms with van der Waals surface area (Å²) in [6, 6.07) is 3.92. The first-order chi connectivity index (χ1) is 12.3. The van der Waals surface area contributed by atoms with Crippen LogP contribution in [0.25, 0.3) is 10.7 Å². The molecule has 132 valence electrons. The predicted octanol–water partition coefficient (Wildman–Crippen LogP) is 1.04. The highest BCUT2D eigenvalue weighted by molar-refractivity contribution is 7.13. The normalized spacial score (nSPS) is 24.2. The first kappa shape index (κ1) is 16.6. The SMILES string of the molecule is O=C(c1cnc(-c2cccs2)nc1)N1CCOC2(CNCCOC2)C1. The van der Waals surface area contributed by atoms with E-state index < -0.39 is 5.60 Å². The molecule has 0 bridgehead atoms. The lowest BCUT2D eigenvalue weighted by Crippen LogP contribution is -2.59. The van der Waals surface area contributed by atoms with Gasteiger partial charge in [0.05, 0.1) is 36.8 Å². The monoisotopic (exact) mass is 360 g/mol. The fraction of sp³-hybridized carbons (Fsp3) is 0.471. The summed E-state index contributed by atoms with van der Waals surface area (Å²) in [6.45, 7) is 4.22. The third kappa shape index (κ3) is 3.57. The zero-order chi connectivity index (χ0) is 17.1. The van der Waals surface area contributed by atoms with Crippen LogP contribution in [-0.2, 0) is 9.47 Å². The fourth-order valence-corrected chi connectivity index (χ4v) is 3.81. The van der Waals surface area contributed by atoms with Crippen molar-refractivity contribution < 1.29 is 14.3 Å². The molecule has 2 aliphatic heterocycles. The number of thiophene rings is 1. The molecule has 1 spiro atoms. The van der Waals surface area contributed by atoms with Crippen LogP contribution in [0.5, 0.6) is 0 Å². The zero-order valence-corrected chi connectivity index (χ0v) is 14.6. The average Bonchev–Trinajstić information content (AvgIpc) is 3.11. The van der Waals surface area contributed by atoms with Gasteiger partial charge in [-0.25, -0.2) is 9.97 Å². The van der Waals surface area contributed by atoms with E-state index in [2.05, 4.69) is 15.3 Å². The first-order valence-corrected chi connectivity index (χ1v) is 9.21. The molecule has 4 heterocycles. The number of nitrogens with one attached hydrogen (secondary N) is 1. The zero-order valence-electron chi connectivity index (χ0n) is 13.8. The van der Waals surface area contributed by atoms with E-state index in [1.807, 2.05) is 22.4 Å². The lowest BCUT2D eigenvalue weighted by atomic mass is 10.0. The van der Waals surface area contributed by atoms with Gasteiger partial charge in [-0.1, -0.05) is 6.07 Å². The van der Waals surface area contributed by atoms with Gasteiger partial charge < -0.3 is 19.7 Å². The number of rotatable bonds is 2. The third-order valence-corrected chi connectivity index (χ3v) is 5.28. The van der Waals surface area contributed by atoms with Crippen molar-refractivity contribution in [3.8, 4) is 10.7 Å². The molecule has 1 amide bonds. The van der Waals surface area contributed by atoms with Crippen molar-refractivity contribution in [2.75, 3.05) is 46.0 Å². The van der Waals surface area contributed by atoms with Gasteiger partial charge in [-0.3, -0.25) is 4.79 Å². The Morgan fingerprint density at radius 1 is 1.32 bits per heavy atom. The summed E-state index contributed by atoms with van der Waals surface area (Å²) in [7, 11) is 0. The van der Waals surface area contributed by atoms with Crippen molar-refractivity contribution in [3.63, 3.8) is 0 Å². The number of hydrogen-bond acceptors (Lipinski definition) is 7. The maximum atomic E-state index is 12.8. The largest absolute Gasteiger partial charge is 0.377 e. The summed E-state index contributed by atoms with van der Waals surface area (Å²) in [5, 5.41) is 5.30. The molecule has 0 aliphatic carbocycles. The summed E-state index contributed by atoms with van der Waals surface area (Å²) < 4.78 is 11.6. The number of hydrogen-bond donors (Lipinski definition) is 1. The minimum atomic E-state index is -0.470. The van der Waals surface area contributed by atoms with E-state index in [4.69, 9.17) is 9.47 Å². The van der Waals surface area contributed by atoms with E-state index in [0.29, 0.717) is 50.8 Å². The predicted molar refractivity (Wildman–Crippen MR) is 93.6 cm³/mol. The molecule has 2 aliphatic rings. The number of ether oxygens (including phenoxy) is 2. The standard InChI is InChI=1S/C17H20N4O3S/c22-16(13-8-19-15(20-9-13)14-2-1-7-25-14)21-4-6-24-17(11-21)10-18-3-5-23-12-17/h1-2,7-9,18H,3-6,10-12H2. The molecule has 0 aromatic carbocycles. The molecule has 1 unspecified atom stereocenters. The van der Waals surface area contributed by atoms with Crippen LogP contribution < -0.4 is 5.32 Å². The summed E-state index contributed by atoms with van der Waals surface area (Å²) >= 11 is 1.58. The molecular formula is C17H20N4O3S. The van der Waals surface area contributed by atoms with Crippen molar-refractivity contribution >= 4 is 17.2 Å². The number of morpholine rings is 1. The molecule has 2 aromatic heterocycles. The van der Waals surface area contributed by atoms with E-state index in [-0.39, 0.29) is 5.91 Å². The van der Waals surface area contributed by atoms with Crippen LogP contribution in [0.2, 0.25) is 0 Å². The number of amides is 1. The van der Waals surface area contributed by atoms with Gasteiger partial charge in [0.25, 0.3) is 5.91 Å². The number of carbonyl (C=O) groups excluding carboxylic acids is 1. The van der Waals surface area contributed by atoms with Gasteiger partial charge in [0, 0.05) is 32.0 Å². The van der Waals surface area contributed by atoms with Crippen LogP contribution >= 0.6 is 11.3 Å². The van der Waals surface area contributed by atoms with Gasteiger partial charge in [-0.15, -0.1) is 11.3 Å². The third-order valence-electron chi connectivity index (χ3n) is 4.41. The molecule has 2 aromatic rings. The molecule has 1 N–H and O–H groups in total. The van der Waals surface area contributed by atoms with Gasteiger partial charge >= 0.3 is 0 Å². The highest BCUT2D eigenvalue weighted by Crippen LogP contribution is 2.23. The summed E-state index contributed by atoms with van der Waals surface area (Å²) in [6.07, 6.45) is 3.21. The second kappa shape index (κ2) is 7.17. The van der Waals surface area contributed by atoms with Crippen molar-refractivity contribution in [2.24, 2.45) is 0 Å². The lowest BCUT2D eigenvalue weighted by molar-refractivity contribution is -0.125. The van der Waals surface area contributed by atoms with Gasteiger partial charge in [0.15, 0.2) is 5.82 Å². The maximum Gasteiger partial charge on any atom is 0.257 e. The van der Waals surface area contributed by atoms with Crippen LogP contribution in [0, 0.1) is 0 Å². The fourth-order valence-electron chi connectivity index (χ4n) is 3.14. The number of aromatic nitrogens is 2. The van der Waals surface area contributed by atoms with Crippen molar-refractivity contribution in [3.05, 3.63) is 35.5 Å². The van der Waals surface area contributed by atoms with E-state index in [1.165, 1.54) is 0 Å². The van der Waals surface area contributed by atoms with Crippen LogP contribution in [0.1, 0.15) is 10.4 Å². The Morgan fingerprint density at radius 2 is 2.20 bits per heavy atom. The van der Waals surface area contributed by atoms with E-state index >= 15 is 0 Å². The molecule has 0 saturated carbocycles. The minimum Gasteiger partial charge on any atom is -0.377 e. The van der Waals surface area contributed by atoms with E-state index in [0.717, 1.165) is 11.4 Å². The van der Waals surface area contributed by atoms with Crippen LogP contribution in [0.15, 0.2) is 29.9 Å². The van der Waals surface area contributed by atoms with Crippen LogP contribution in [0.4, 0.5) is 0 Å². The Balaban J connectivity index is 1.48.